The fourth-order valence-electron chi connectivity index (χ4n) is 2.54. The van der Waals surface area contributed by atoms with Crippen molar-refractivity contribution in [2.24, 2.45) is 0 Å². The van der Waals surface area contributed by atoms with Gasteiger partial charge >= 0.3 is 6.18 Å². The number of hydrogen-bond acceptors (Lipinski definition) is 2. The Labute approximate surface area is 153 Å². The van der Waals surface area contributed by atoms with Gasteiger partial charge in [0.1, 0.15) is 11.4 Å². The number of H-pyrrole nitrogens is 1. The van der Waals surface area contributed by atoms with Gasteiger partial charge in [0.15, 0.2) is 0 Å². The number of alkyl halides is 3. The van der Waals surface area contributed by atoms with Gasteiger partial charge in [0, 0.05) is 29.9 Å². The van der Waals surface area contributed by atoms with E-state index in [1.807, 2.05) is 6.26 Å². The van der Waals surface area contributed by atoms with Crippen molar-refractivity contribution < 1.29 is 18.0 Å². The zero-order chi connectivity index (χ0) is 18.8. The van der Waals surface area contributed by atoms with Crippen LogP contribution in [0.2, 0.25) is 5.02 Å². The Morgan fingerprint density at radius 3 is 2.40 bits per heavy atom. The highest BCUT2D eigenvalue weighted by Crippen LogP contribution is 2.38. The predicted molar refractivity (Wildman–Crippen MR) is 96.3 cm³/mol. The Kier molecular flexibility index (Phi) is 6.11. The van der Waals surface area contributed by atoms with Crippen molar-refractivity contribution in [1.29, 1.82) is 0 Å². The van der Waals surface area contributed by atoms with Crippen molar-refractivity contribution in [2.45, 2.75) is 13.1 Å². The van der Waals surface area contributed by atoms with Crippen LogP contribution in [0.1, 0.15) is 21.7 Å². The molecule has 1 N–H and O–H groups in total. The summed E-state index contributed by atoms with van der Waals surface area (Å²) in [6.07, 6.45) is -2.67. The number of halogens is 4. The molecule has 8 heteroatoms. The molecule has 2 aromatic rings. The van der Waals surface area contributed by atoms with E-state index in [4.69, 9.17) is 11.6 Å². The summed E-state index contributed by atoms with van der Waals surface area (Å²) in [5, 5.41) is 0.470. The average Bonchev–Trinajstić information content (AvgIpc) is 2.90. The van der Waals surface area contributed by atoms with Crippen molar-refractivity contribution in [2.75, 3.05) is 25.6 Å². The molecule has 1 aromatic carbocycles. The maximum Gasteiger partial charge on any atom is 0.431 e. The van der Waals surface area contributed by atoms with Crippen LogP contribution in [-0.2, 0) is 6.18 Å². The molecule has 0 saturated carbocycles. The number of nitrogens with one attached hydrogen (secondary N) is 1. The number of thioether (sulfide) groups is 1. The molecule has 0 spiro atoms. The molecule has 0 atom stereocenters. The van der Waals surface area contributed by atoms with Gasteiger partial charge in [0.25, 0.3) is 5.91 Å². The summed E-state index contributed by atoms with van der Waals surface area (Å²) in [4.78, 5) is 16.4. The fourth-order valence-corrected chi connectivity index (χ4v) is 3.12. The van der Waals surface area contributed by atoms with Crippen LogP contribution in [0.5, 0.6) is 0 Å². The van der Waals surface area contributed by atoms with Crippen molar-refractivity contribution in [3.05, 3.63) is 46.2 Å². The monoisotopic (exact) mass is 390 g/mol. The third kappa shape index (κ3) is 4.33. The van der Waals surface area contributed by atoms with Gasteiger partial charge < -0.3 is 9.88 Å². The van der Waals surface area contributed by atoms with Gasteiger partial charge in [0.05, 0.1) is 0 Å². The number of carbonyl (C=O) groups excluding carboxylic acids is 1. The van der Waals surface area contributed by atoms with Crippen molar-refractivity contribution in [3.8, 4) is 11.1 Å². The first-order valence-electron chi connectivity index (χ1n) is 7.47. The van der Waals surface area contributed by atoms with Crippen molar-refractivity contribution in [1.82, 2.24) is 9.88 Å². The van der Waals surface area contributed by atoms with E-state index in [0.29, 0.717) is 22.9 Å². The van der Waals surface area contributed by atoms with Gasteiger partial charge in [-0.05, 0) is 36.4 Å². The molecule has 2 rings (SSSR count). The first kappa shape index (κ1) is 19.7. The number of benzene rings is 1. The third-order valence-corrected chi connectivity index (χ3v) is 4.70. The van der Waals surface area contributed by atoms with E-state index < -0.39 is 17.8 Å². The molecule has 1 aromatic heterocycles. The largest absolute Gasteiger partial charge is 0.431 e. The Morgan fingerprint density at radius 1 is 1.28 bits per heavy atom. The van der Waals surface area contributed by atoms with Gasteiger partial charge in [-0.2, -0.15) is 24.9 Å². The zero-order valence-corrected chi connectivity index (χ0v) is 15.6. The number of aromatic nitrogens is 1. The molecule has 0 bridgehead atoms. The van der Waals surface area contributed by atoms with Crippen molar-refractivity contribution >= 4 is 29.3 Å². The SMILES string of the molecule is CSCCN(C)C(=O)c1[nH]c(C(F)(F)F)c(C)c1-c1ccc(Cl)cc1. The summed E-state index contributed by atoms with van der Waals surface area (Å²) in [5.41, 5.74) is -0.202. The molecule has 0 aliphatic rings. The summed E-state index contributed by atoms with van der Waals surface area (Å²) in [7, 11) is 1.58. The number of nitrogens with zero attached hydrogens (tertiary/aromatic N) is 1. The van der Waals surface area contributed by atoms with Crippen LogP contribution in [0.3, 0.4) is 0 Å². The first-order valence-corrected chi connectivity index (χ1v) is 9.24. The second-order valence-electron chi connectivity index (χ2n) is 5.60. The molecule has 0 aliphatic carbocycles. The Balaban J connectivity index is 2.57. The molecule has 0 radical (unpaired) electrons. The maximum atomic E-state index is 13.3. The lowest BCUT2D eigenvalue weighted by Gasteiger charge is -2.17. The van der Waals surface area contributed by atoms with E-state index in [9.17, 15) is 18.0 Å². The molecule has 25 heavy (non-hydrogen) atoms. The predicted octanol–water partition coefficient (Wildman–Crippen LogP) is 5.10. The van der Waals surface area contributed by atoms with Crippen LogP contribution in [0.4, 0.5) is 13.2 Å². The molecular formula is C17H18ClF3N2OS. The Bertz CT molecular complexity index is 756. The Hall–Kier alpha value is -1.60. The topological polar surface area (TPSA) is 36.1 Å². The molecule has 0 fully saturated rings. The standard InChI is InChI=1S/C17H18ClF3N2OS/c1-10-13(11-4-6-12(18)7-5-11)14(22-15(10)17(19,20)21)16(24)23(2)8-9-25-3/h4-7,22H,8-9H2,1-3H3. The normalized spacial score (nSPS) is 11.6. The number of amides is 1. The summed E-state index contributed by atoms with van der Waals surface area (Å²) < 4.78 is 39.9. The van der Waals surface area contributed by atoms with E-state index in [0.717, 1.165) is 0 Å². The number of carbonyl (C=O) groups is 1. The molecule has 136 valence electrons. The van der Waals surface area contributed by atoms with E-state index >= 15 is 0 Å². The summed E-state index contributed by atoms with van der Waals surface area (Å²) >= 11 is 7.42. The third-order valence-electron chi connectivity index (χ3n) is 3.86. The minimum Gasteiger partial charge on any atom is -0.346 e. The summed E-state index contributed by atoms with van der Waals surface area (Å²) in [6.45, 7) is 1.81. The number of rotatable bonds is 5. The van der Waals surface area contributed by atoms with Crippen LogP contribution in [0.25, 0.3) is 11.1 Å². The lowest BCUT2D eigenvalue weighted by Crippen LogP contribution is -2.29. The van der Waals surface area contributed by atoms with Gasteiger partial charge in [-0.3, -0.25) is 4.79 Å². The lowest BCUT2D eigenvalue weighted by molar-refractivity contribution is -0.141. The van der Waals surface area contributed by atoms with E-state index in [-0.39, 0.29) is 16.8 Å². The number of hydrogen-bond donors (Lipinski definition) is 1. The fraction of sp³-hybridized carbons (Fsp3) is 0.353. The highest BCUT2D eigenvalue weighted by Gasteiger charge is 2.38. The summed E-state index contributed by atoms with van der Waals surface area (Å²) in [5.74, 6) is 0.224. The molecule has 0 aliphatic heterocycles. The molecule has 1 amide bonds. The van der Waals surface area contributed by atoms with E-state index in [1.54, 1.807) is 43.1 Å². The smallest absolute Gasteiger partial charge is 0.346 e. The van der Waals surface area contributed by atoms with Gasteiger partial charge in [-0.1, -0.05) is 23.7 Å². The molecule has 3 nitrogen and oxygen atoms in total. The lowest BCUT2D eigenvalue weighted by atomic mass is 10.0. The quantitative estimate of drug-likeness (QED) is 0.771. The molecule has 0 unspecified atom stereocenters. The van der Waals surface area contributed by atoms with E-state index in [1.165, 1.54) is 11.8 Å². The van der Waals surface area contributed by atoms with Gasteiger partial charge in [-0.25, -0.2) is 0 Å². The highest BCUT2D eigenvalue weighted by molar-refractivity contribution is 7.98. The van der Waals surface area contributed by atoms with E-state index in [2.05, 4.69) is 4.98 Å². The van der Waals surface area contributed by atoms with Gasteiger partial charge in [-0.15, -0.1) is 0 Å². The van der Waals surface area contributed by atoms with Crippen LogP contribution < -0.4 is 0 Å². The molecular weight excluding hydrogens is 373 g/mol. The highest BCUT2D eigenvalue weighted by atomic mass is 35.5. The van der Waals surface area contributed by atoms with Crippen LogP contribution in [-0.4, -0.2) is 41.4 Å². The second kappa shape index (κ2) is 7.74. The maximum absolute atomic E-state index is 13.3. The first-order chi connectivity index (χ1) is 11.7. The minimum absolute atomic E-state index is 0.00330. The Morgan fingerprint density at radius 2 is 1.88 bits per heavy atom. The van der Waals surface area contributed by atoms with Crippen LogP contribution in [0, 0.1) is 6.92 Å². The second-order valence-corrected chi connectivity index (χ2v) is 7.02. The zero-order valence-electron chi connectivity index (χ0n) is 14.0. The minimum atomic E-state index is -4.57. The molecule has 1 heterocycles. The number of aromatic amines is 1. The summed E-state index contributed by atoms with van der Waals surface area (Å²) in [6, 6.07) is 6.39. The average molecular weight is 391 g/mol. The van der Waals surface area contributed by atoms with Crippen LogP contribution in [0.15, 0.2) is 24.3 Å². The van der Waals surface area contributed by atoms with Crippen LogP contribution >= 0.6 is 23.4 Å². The van der Waals surface area contributed by atoms with Crippen molar-refractivity contribution in [3.63, 3.8) is 0 Å². The molecule has 0 saturated heterocycles. The van der Waals surface area contributed by atoms with Gasteiger partial charge in [0.2, 0.25) is 0 Å².